The van der Waals surface area contributed by atoms with Gasteiger partial charge in [0.25, 0.3) is 5.91 Å². The van der Waals surface area contributed by atoms with Crippen molar-refractivity contribution in [2.45, 2.75) is 6.18 Å². The molecule has 0 fully saturated rings. The van der Waals surface area contributed by atoms with Crippen LogP contribution in [-0.2, 0) is 11.0 Å². The maximum atomic E-state index is 12.5. The molecule has 110 valence electrons. The number of carbonyl (C=O) groups excluding carboxylic acids is 1. The van der Waals surface area contributed by atoms with Gasteiger partial charge < -0.3 is 10.4 Å². The molecule has 0 heterocycles. The first-order chi connectivity index (χ1) is 9.30. The summed E-state index contributed by atoms with van der Waals surface area (Å²) in [7, 11) is 0. The number of alkyl halides is 3. The molecule has 1 aromatic rings. The van der Waals surface area contributed by atoms with E-state index >= 15 is 0 Å². The lowest BCUT2D eigenvalue weighted by molar-refractivity contribution is -0.137. The van der Waals surface area contributed by atoms with Gasteiger partial charge in [0.1, 0.15) is 0 Å². The number of carboxylic acid groups (broad SMARTS) is 1. The van der Waals surface area contributed by atoms with Crippen LogP contribution in [0.2, 0.25) is 0 Å². The normalized spacial score (nSPS) is 11.2. The summed E-state index contributed by atoms with van der Waals surface area (Å²) in [5.41, 5.74) is -0.964. The van der Waals surface area contributed by atoms with Gasteiger partial charge in [0.05, 0.1) is 11.3 Å². The molecule has 8 heteroatoms. The predicted molar refractivity (Wildman–Crippen MR) is 68.7 cm³/mol. The Bertz CT molecular complexity index is 491. The number of halogens is 3. The summed E-state index contributed by atoms with van der Waals surface area (Å²) in [6.45, 7) is 0.188. The van der Waals surface area contributed by atoms with E-state index in [0.717, 1.165) is 30.0 Å². The molecule has 1 amide bonds. The second-order valence-electron chi connectivity index (χ2n) is 3.78. The monoisotopic (exact) mass is 307 g/mol. The first-order valence-corrected chi connectivity index (χ1v) is 6.71. The lowest BCUT2D eigenvalue weighted by atomic mass is 10.1. The van der Waals surface area contributed by atoms with Crippen LogP contribution in [0.3, 0.4) is 0 Å². The van der Waals surface area contributed by atoms with E-state index in [2.05, 4.69) is 5.32 Å². The van der Waals surface area contributed by atoms with Crippen molar-refractivity contribution in [1.82, 2.24) is 5.32 Å². The first kappa shape index (κ1) is 16.4. The van der Waals surface area contributed by atoms with Crippen molar-refractivity contribution in [3.05, 3.63) is 35.4 Å². The van der Waals surface area contributed by atoms with E-state index in [-0.39, 0.29) is 17.9 Å². The molecular weight excluding hydrogens is 295 g/mol. The average molecular weight is 307 g/mol. The van der Waals surface area contributed by atoms with Gasteiger partial charge in [-0.3, -0.25) is 9.59 Å². The summed E-state index contributed by atoms with van der Waals surface area (Å²) in [5.74, 6) is -1.29. The van der Waals surface area contributed by atoms with Crippen LogP contribution in [-0.4, -0.2) is 35.0 Å². The van der Waals surface area contributed by atoms with Crippen molar-refractivity contribution in [2.24, 2.45) is 0 Å². The van der Waals surface area contributed by atoms with Gasteiger partial charge in [0.15, 0.2) is 0 Å². The number of amides is 1. The quantitative estimate of drug-likeness (QED) is 0.791. The number of aliphatic carboxylic acids is 1. The zero-order valence-corrected chi connectivity index (χ0v) is 11.1. The number of hydrogen-bond donors (Lipinski definition) is 2. The van der Waals surface area contributed by atoms with E-state index < -0.39 is 23.6 Å². The number of rotatable bonds is 6. The number of hydrogen-bond acceptors (Lipinski definition) is 3. The van der Waals surface area contributed by atoms with Gasteiger partial charge >= 0.3 is 12.1 Å². The molecule has 1 rings (SSSR count). The Morgan fingerprint density at radius 1 is 1.30 bits per heavy atom. The van der Waals surface area contributed by atoms with E-state index in [1.807, 2.05) is 0 Å². The van der Waals surface area contributed by atoms with Crippen LogP contribution in [0.1, 0.15) is 15.9 Å². The highest BCUT2D eigenvalue weighted by atomic mass is 32.2. The van der Waals surface area contributed by atoms with Crippen LogP contribution in [0.4, 0.5) is 13.2 Å². The zero-order chi connectivity index (χ0) is 15.2. The molecule has 0 unspecified atom stereocenters. The Labute approximate surface area is 117 Å². The molecule has 0 radical (unpaired) electrons. The van der Waals surface area contributed by atoms with E-state index in [9.17, 15) is 22.8 Å². The summed E-state index contributed by atoms with van der Waals surface area (Å²) < 4.78 is 37.4. The van der Waals surface area contributed by atoms with Crippen molar-refractivity contribution >= 4 is 23.6 Å². The van der Waals surface area contributed by atoms with Crippen LogP contribution in [0.5, 0.6) is 0 Å². The third-order valence-corrected chi connectivity index (χ3v) is 3.15. The van der Waals surface area contributed by atoms with Crippen LogP contribution in [0, 0.1) is 0 Å². The summed E-state index contributed by atoms with van der Waals surface area (Å²) >= 11 is 1.11. The Morgan fingerprint density at radius 2 is 2.00 bits per heavy atom. The van der Waals surface area contributed by atoms with Crippen LogP contribution in [0.25, 0.3) is 0 Å². The lowest BCUT2D eigenvalue weighted by Gasteiger charge is -2.09. The summed E-state index contributed by atoms with van der Waals surface area (Å²) in [4.78, 5) is 21.9. The Hall–Kier alpha value is -1.70. The average Bonchev–Trinajstić information content (AvgIpc) is 2.37. The molecule has 0 aliphatic heterocycles. The van der Waals surface area contributed by atoms with Crippen LogP contribution < -0.4 is 5.32 Å². The number of carbonyl (C=O) groups is 2. The molecular formula is C12H12F3NO3S. The van der Waals surface area contributed by atoms with Gasteiger partial charge in [-0.05, 0) is 18.2 Å². The highest BCUT2D eigenvalue weighted by Gasteiger charge is 2.30. The smallest absolute Gasteiger partial charge is 0.416 e. The molecule has 4 nitrogen and oxygen atoms in total. The second-order valence-corrected chi connectivity index (χ2v) is 4.89. The van der Waals surface area contributed by atoms with Crippen LogP contribution >= 0.6 is 11.8 Å². The lowest BCUT2D eigenvalue weighted by Crippen LogP contribution is -2.26. The van der Waals surface area contributed by atoms with Crippen molar-refractivity contribution in [3.63, 3.8) is 0 Å². The van der Waals surface area contributed by atoms with Gasteiger partial charge in [-0.15, -0.1) is 11.8 Å². The van der Waals surface area contributed by atoms with Crippen molar-refractivity contribution in [3.8, 4) is 0 Å². The summed E-state index contributed by atoms with van der Waals surface area (Å²) in [5, 5.41) is 10.8. The van der Waals surface area contributed by atoms with Gasteiger partial charge in [-0.2, -0.15) is 13.2 Å². The molecule has 2 N–H and O–H groups in total. The number of carboxylic acids is 1. The highest BCUT2D eigenvalue weighted by molar-refractivity contribution is 7.99. The van der Waals surface area contributed by atoms with E-state index in [0.29, 0.717) is 5.75 Å². The fourth-order valence-electron chi connectivity index (χ4n) is 1.34. The SMILES string of the molecule is O=C(O)CSCCNC(=O)c1cccc(C(F)(F)F)c1. The summed E-state index contributed by atoms with van der Waals surface area (Å²) in [6.07, 6.45) is -4.49. The Balaban J connectivity index is 2.50. The van der Waals surface area contributed by atoms with Crippen molar-refractivity contribution in [1.29, 1.82) is 0 Å². The maximum Gasteiger partial charge on any atom is 0.416 e. The topological polar surface area (TPSA) is 66.4 Å². The molecule has 20 heavy (non-hydrogen) atoms. The molecule has 1 aromatic carbocycles. The van der Waals surface area contributed by atoms with Gasteiger partial charge in [0, 0.05) is 17.9 Å². The minimum atomic E-state index is -4.49. The van der Waals surface area contributed by atoms with Crippen molar-refractivity contribution in [2.75, 3.05) is 18.1 Å². The minimum absolute atomic E-state index is 0.0805. The largest absolute Gasteiger partial charge is 0.481 e. The number of thioether (sulfide) groups is 1. The molecule has 0 spiro atoms. The third-order valence-electron chi connectivity index (χ3n) is 2.21. The van der Waals surface area contributed by atoms with Crippen LogP contribution in [0.15, 0.2) is 24.3 Å². The van der Waals surface area contributed by atoms with Gasteiger partial charge in [0.2, 0.25) is 0 Å². The Kier molecular flexibility index (Phi) is 5.87. The van der Waals surface area contributed by atoms with Gasteiger partial charge in [-0.1, -0.05) is 6.07 Å². The zero-order valence-electron chi connectivity index (χ0n) is 10.2. The van der Waals surface area contributed by atoms with E-state index in [1.54, 1.807) is 0 Å². The molecule has 0 atom stereocenters. The maximum absolute atomic E-state index is 12.5. The third kappa shape index (κ3) is 5.52. The molecule has 0 aliphatic rings. The molecule has 0 saturated heterocycles. The standard InChI is InChI=1S/C12H12F3NO3S/c13-12(14,15)9-3-1-2-8(6-9)11(19)16-4-5-20-7-10(17)18/h1-3,6H,4-5,7H2,(H,16,19)(H,17,18). The molecule has 0 aliphatic carbocycles. The predicted octanol–water partition coefficient (Wildman–Crippen LogP) is 2.25. The fourth-order valence-corrected chi connectivity index (χ4v) is 1.90. The van der Waals surface area contributed by atoms with E-state index in [4.69, 9.17) is 5.11 Å². The highest BCUT2D eigenvalue weighted by Crippen LogP contribution is 2.29. The minimum Gasteiger partial charge on any atom is -0.481 e. The number of nitrogens with one attached hydrogen (secondary N) is 1. The van der Waals surface area contributed by atoms with E-state index in [1.165, 1.54) is 6.07 Å². The Morgan fingerprint density at radius 3 is 2.60 bits per heavy atom. The van der Waals surface area contributed by atoms with Crippen molar-refractivity contribution < 1.29 is 27.9 Å². The molecule has 0 saturated carbocycles. The first-order valence-electron chi connectivity index (χ1n) is 5.55. The molecule has 0 aromatic heterocycles. The molecule has 0 bridgehead atoms. The summed E-state index contributed by atoms with van der Waals surface area (Å²) in [6, 6.07) is 4.12. The fraction of sp³-hybridized carbons (Fsp3) is 0.333. The number of benzene rings is 1. The van der Waals surface area contributed by atoms with Gasteiger partial charge in [-0.25, -0.2) is 0 Å². The second kappa shape index (κ2) is 7.18.